The first-order valence-corrected chi connectivity index (χ1v) is 11.0. The van der Waals surface area contributed by atoms with Crippen molar-refractivity contribution in [2.75, 3.05) is 6.61 Å². The quantitative estimate of drug-likeness (QED) is 0.537. The second kappa shape index (κ2) is 8.69. The molecule has 3 heteroatoms. The predicted molar refractivity (Wildman–Crippen MR) is 96.4 cm³/mol. The Balaban J connectivity index is 5.44. The molecule has 2 nitrogen and oxygen atoms in total. The maximum Gasteiger partial charge on any atom is 0.203 e. The highest BCUT2D eigenvalue weighted by Gasteiger charge is 2.55. The molecule has 0 aromatic heterocycles. The van der Waals surface area contributed by atoms with Crippen LogP contribution < -0.4 is 0 Å². The van der Waals surface area contributed by atoms with Crippen LogP contribution in [0.15, 0.2) is 0 Å². The van der Waals surface area contributed by atoms with Crippen molar-refractivity contribution >= 4 is 8.32 Å². The maximum absolute atomic E-state index is 9.77. The summed E-state index contributed by atoms with van der Waals surface area (Å²) in [5.74, 6) is 0. The molecule has 0 saturated heterocycles. The van der Waals surface area contributed by atoms with E-state index in [4.69, 9.17) is 4.43 Å². The molecule has 0 radical (unpaired) electrons. The zero-order chi connectivity index (χ0) is 16.7. The molecule has 0 saturated carbocycles. The largest absolute Gasteiger partial charge is 0.411 e. The molecule has 0 aliphatic rings. The molecular weight excluding hydrogens is 276 g/mol. The highest BCUT2D eigenvalue weighted by atomic mass is 28.4. The van der Waals surface area contributed by atoms with Crippen LogP contribution in [0.25, 0.3) is 0 Å². The minimum absolute atomic E-state index is 0.0203. The Morgan fingerprint density at radius 3 is 1.71 bits per heavy atom. The van der Waals surface area contributed by atoms with E-state index in [0.29, 0.717) is 0 Å². The van der Waals surface area contributed by atoms with Crippen molar-refractivity contribution in [3.63, 3.8) is 0 Å². The molecule has 0 aromatic carbocycles. The van der Waals surface area contributed by atoms with E-state index in [-0.39, 0.29) is 22.8 Å². The third kappa shape index (κ3) is 5.68. The van der Waals surface area contributed by atoms with Gasteiger partial charge in [-0.15, -0.1) is 0 Å². The summed E-state index contributed by atoms with van der Waals surface area (Å²) in [6.45, 7) is 18.7. The summed E-state index contributed by atoms with van der Waals surface area (Å²) < 4.78 is 6.81. The fourth-order valence-corrected chi connectivity index (χ4v) is 9.80. The zero-order valence-electron chi connectivity index (χ0n) is 15.9. The third-order valence-electron chi connectivity index (χ3n) is 4.76. The van der Waals surface area contributed by atoms with Crippen molar-refractivity contribution in [2.24, 2.45) is 0 Å². The van der Waals surface area contributed by atoms with Gasteiger partial charge in [0.25, 0.3) is 0 Å². The molecule has 128 valence electrons. The molecule has 1 atom stereocenters. The van der Waals surface area contributed by atoms with Gasteiger partial charge in [-0.1, -0.05) is 81.1 Å². The monoisotopic (exact) mass is 316 g/mol. The number of rotatable bonds is 9. The van der Waals surface area contributed by atoms with E-state index in [0.717, 1.165) is 19.3 Å². The minimum Gasteiger partial charge on any atom is -0.411 e. The normalized spacial score (nSPS) is 15.3. The number of unbranched alkanes of at least 4 members (excludes halogenated alkanes) is 2. The Labute approximate surface area is 134 Å². The highest BCUT2D eigenvalue weighted by molar-refractivity contribution is 6.79. The Bertz CT molecular complexity index is 262. The summed E-state index contributed by atoms with van der Waals surface area (Å²) in [7, 11) is -2.01. The van der Waals surface area contributed by atoms with Gasteiger partial charge in [0.05, 0.1) is 12.7 Å². The smallest absolute Gasteiger partial charge is 0.203 e. The molecule has 0 heterocycles. The lowest BCUT2D eigenvalue weighted by Crippen LogP contribution is -2.56. The summed E-state index contributed by atoms with van der Waals surface area (Å²) in [4.78, 5) is 0. The summed E-state index contributed by atoms with van der Waals surface area (Å²) in [6.07, 6.45) is 5.74. The molecule has 0 bridgehead atoms. The Hall–Kier alpha value is 0.137. The first kappa shape index (κ1) is 21.1. The van der Waals surface area contributed by atoms with Gasteiger partial charge in [-0.25, -0.2) is 0 Å². The fourth-order valence-electron chi connectivity index (χ4n) is 3.62. The Morgan fingerprint density at radius 2 is 1.38 bits per heavy atom. The van der Waals surface area contributed by atoms with Gasteiger partial charge in [-0.05, 0) is 22.5 Å². The van der Waals surface area contributed by atoms with Gasteiger partial charge in [0.2, 0.25) is 8.32 Å². The van der Waals surface area contributed by atoms with E-state index < -0.39 is 8.32 Å². The molecule has 0 spiro atoms. The summed E-state index contributed by atoms with van der Waals surface area (Å²) >= 11 is 0. The maximum atomic E-state index is 9.77. The number of hydrogen-bond donors (Lipinski definition) is 1. The van der Waals surface area contributed by atoms with Crippen LogP contribution in [0, 0.1) is 0 Å². The topological polar surface area (TPSA) is 29.5 Å². The van der Waals surface area contributed by atoms with Crippen LogP contribution in [0.2, 0.25) is 16.1 Å². The summed E-state index contributed by atoms with van der Waals surface area (Å²) in [6, 6.07) is 1.19. The van der Waals surface area contributed by atoms with E-state index in [9.17, 15) is 5.11 Å². The van der Waals surface area contributed by atoms with Gasteiger partial charge in [0.1, 0.15) is 0 Å². The van der Waals surface area contributed by atoms with Crippen LogP contribution in [-0.4, -0.2) is 26.1 Å². The van der Waals surface area contributed by atoms with Gasteiger partial charge in [0, 0.05) is 0 Å². The van der Waals surface area contributed by atoms with Crippen molar-refractivity contribution in [2.45, 2.75) is 110 Å². The average Bonchev–Trinajstić information content (AvgIpc) is 2.35. The molecular formula is C18H40O2Si. The van der Waals surface area contributed by atoms with Crippen LogP contribution >= 0.6 is 0 Å². The molecule has 1 unspecified atom stereocenters. The Kier molecular flexibility index (Phi) is 8.74. The van der Waals surface area contributed by atoms with Crippen molar-refractivity contribution in [1.82, 2.24) is 0 Å². The fraction of sp³-hybridized carbons (Fsp3) is 1.00. The van der Waals surface area contributed by atoms with Crippen LogP contribution in [0.3, 0.4) is 0 Å². The first-order chi connectivity index (χ1) is 9.55. The standard InChI is InChI=1S/C18H40O2Si/c1-9-11-13-16(15-19)20-21(14-12-10-2,17(3,4)5)18(6,7)8/h16,19H,9-15H2,1-8H3. The van der Waals surface area contributed by atoms with Crippen LogP contribution in [0.5, 0.6) is 0 Å². The Morgan fingerprint density at radius 1 is 0.905 bits per heavy atom. The first-order valence-electron chi connectivity index (χ1n) is 8.84. The van der Waals surface area contributed by atoms with Crippen LogP contribution in [0.1, 0.15) is 87.5 Å². The van der Waals surface area contributed by atoms with E-state index >= 15 is 0 Å². The van der Waals surface area contributed by atoms with E-state index in [1.54, 1.807) is 0 Å². The van der Waals surface area contributed by atoms with Gasteiger partial charge in [0.15, 0.2) is 0 Å². The zero-order valence-corrected chi connectivity index (χ0v) is 16.9. The number of hydrogen-bond acceptors (Lipinski definition) is 2. The second-order valence-electron chi connectivity index (χ2n) is 8.50. The van der Waals surface area contributed by atoms with Gasteiger partial charge < -0.3 is 9.53 Å². The van der Waals surface area contributed by atoms with E-state index in [1.165, 1.54) is 18.9 Å². The predicted octanol–water partition coefficient (Wildman–Crippen LogP) is 5.90. The van der Waals surface area contributed by atoms with Gasteiger partial charge >= 0.3 is 0 Å². The lowest BCUT2D eigenvalue weighted by Gasteiger charge is -2.52. The van der Waals surface area contributed by atoms with Crippen molar-refractivity contribution in [3.05, 3.63) is 0 Å². The van der Waals surface area contributed by atoms with E-state index in [2.05, 4.69) is 55.4 Å². The van der Waals surface area contributed by atoms with Crippen molar-refractivity contribution in [1.29, 1.82) is 0 Å². The molecule has 0 aliphatic heterocycles. The minimum atomic E-state index is -2.01. The summed E-state index contributed by atoms with van der Waals surface area (Å²) in [5.41, 5.74) is 0. The summed E-state index contributed by atoms with van der Waals surface area (Å²) in [5, 5.41) is 10.1. The third-order valence-corrected chi connectivity index (χ3v) is 11.4. The van der Waals surface area contributed by atoms with E-state index in [1.807, 2.05) is 0 Å². The molecule has 0 aromatic rings. The van der Waals surface area contributed by atoms with Crippen molar-refractivity contribution < 1.29 is 9.53 Å². The van der Waals surface area contributed by atoms with Crippen LogP contribution in [-0.2, 0) is 4.43 Å². The number of aliphatic hydroxyl groups is 1. The van der Waals surface area contributed by atoms with Crippen molar-refractivity contribution in [3.8, 4) is 0 Å². The second-order valence-corrected chi connectivity index (χ2v) is 13.9. The highest BCUT2D eigenvalue weighted by Crippen LogP contribution is 2.55. The average molecular weight is 317 g/mol. The lowest BCUT2D eigenvalue weighted by molar-refractivity contribution is 0.0841. The molecule has 0 aliphatic carbocycles. The molecule has 0 rings (SSSR count). The number of aliphatic hydroxyl groups excluding tert-OH is 1. The van der Waals surface area contributed by atoms with Crippen LogP contribution in [0.4, 0.5) is 0 Å². The van der Waals surface area contributed by atoms with Gasteiger partial charge in [-0.3, -0.25) is 0 Å². The van der Waals surface area contributed by atoms with Gasteiger partial charge in [-0.2, -0.15) is 0 Å². The molecule has 0 fully saturated rings. The lowest BCUT2D eigenvalue weighted by atomic mass is 10.2. The molecule has 21 heavy (non-hydrogen) atoms. The SMILES string of the molecule is CCCCC(CO)O[Si](CCCC)(C(C)(C)C)C(C)(C)C. The molecule has 0 amide bonds. The molecule has 1 N–H and O–H groups in total.